The Bertz CT molecular complexity index is 385. The largest absolute Gasteiger partial charge is 0.178 e. The monoisotopic (exact) mass is 238 g/mol. The van der Waals surface area contributed by atoms with Crippen molar-refractivity contribution in [3.8, 4) is 0 Å². The van der Waals surface area contributed by atoms with Crippen LogP contribution < -0.4 is 0 Å². The third-order valence-corrected chi connectivity index (χ3v) is 2.47. The zero-order valence-corrected chi connectivity index (χ0v) is 8.32. The Kier molecular flexibility index (Phi) is 2.35. The number of aromatic nitrogens is 4. The Balaban J connectivity index is 2.24. The molecule has 0 atom stereocenters. The summed E-state index contributed by atoms with van der Waals surface area (Å²) < 4.78 is 1.07. The predicted molar refractivity (Wildman–Crippen MR) is 51.1 cm³/mol. The number of aromatic amines is 1. The van der Waals surface area contributed by atoms with Crippen molar-refractivity contribution in [2.75, 3.05) is 0 Å². The lowest BCUT2D eigenvalue weighted by Crippen LogP contribution is -1.91. The third kappa shape index (κ3) is 1.92. The molecule has 1 heterocycles. The molecule has 5 heteroatoms. The van der Waals surface area contributed by atoms with Gasteiger partial charge < -0.3 is 0 Å². The van der Waals surface area contributed by atoms with Crippen LogP contribution in [0, 0.1) is 0 Å². The minimum Gasteiger partial charge on any atom is -0.177 e. The Labute approximate surface area is 83.5 Å². The summed E-state index contributed by atoms with van der Waals surface area (Å²) in [5.41, 5.74) is 1.16. The summed E-state index contributed by atoms with van der Waals surface area (Å²) in [6, 6.07) is 7.99. The van der Waals surface area contributed by atoms with Crippen LogP contribution in [0.4, 0.5) is 0 Å². The van der Waals surface area contributed by atoms with Crippen molar-refractivity contribution in [1.82, 2.24) is 20.6 Å². The summed E-state index contributed by atoms with van der Waals surface area (Å²) >= 11 is 3.46. The highest BCUT2D eigenvalue weighted by molar-refractivity contribution is 9.10. The van der Waals surface area contributed by atoms with Gasteiger partial charge in [0.25, 0.3) is 0 Å². The van der Waals surface area contributed by atoms with E-state index in [1.165, 1.54) is 0 Å². The van der Waals surface area contributed by atoms with Crippen molar-refractivity contribution >= 4 is 15.9 Å². The molecule has 0 radical (unpaired) electrons. The summed E-state index contributed by atoms with van der Waals surface area (Å²) in [7, 11) is 0. The number of hydrogen-bond donors (Lipinski definition) is 1. The summed E-state index contributed by atoms with van der Waals surface area (Å²) in [5, 5.41) is 13.7. The molecule has 0 bridgehead atoms. The van der Waals surface area contributed by atoms with Gasteiger partial charge in [-0.1, -0.05) is 39.3 Å². The molecule has 0 spiro atoms. The molecule has 0 unspecified atom stereocenters. The van der Waals surface area contributed by atoms with E-state index in [2.05, 4.69) is 36.6 Å². The molecule has 0 amide bonds. The molecular formula is C8H7BrN4. The highest BCUT2D eigenvalue weighted by Crippen LogP contribution is 2.17. The molecule has 0 aliphatic rings. The third-order valence-electron chi connectivity index (χ3n) is 1.70. The summed E-state index contributed by atoms with van der Waals surface area (Å²) in [5.74, 6) is 0.701. The number of benzene rings is 1. The number of tetrazole rings is 1. The molecule has 13 heavy (non-hydrogen) atoms. The molecule has 4 nitrogen and oxygen atoms in total. The number of nitrogens with one attached hydrogen (secondary N) is 1. The minimum absolute atomic E-state index is 0.692. The topological polar surface area (TPSA) is 54.5 Å². The van der Waals surface area contributed by atoms with E-state index < -0.39 is 0 Å². The van der Waals surface area contributed by atoms with E-state index in [0.717, 1.165) is 10.0 Å². The number of nitrogens with zero attached hydrogens (tertiary/aromatic N) is 3. The maximum absolute atomic E-state index is 3.88. The number of rotatable bonds is 2. The van der Waals surface area contributed by atoms with Crippen LogP contribution in [-0.4, -0.2) is 20.6 Å². The summed E-state index contributed by atoms with van der Waals surface area (Å²) in [6.07, 6.45) is 0.692. The second-order valence-corrected chi connectivity index (χ2v) is 3.45. The van der Waals surface area contributed by atoms with Gasteiger partial charge in [0.2, 0.25) is 0 Å². The molecule has 1 aromatic carbocycles. The van der Waals surface area contributed by atoms with Crippen LogP contribution in [0.15, 0.2) is 28.7 Å². The first-order chi connectivity index (χ1) is 6.36. The van der Waals surface area contributed by atoms with E-state index in [4.69, 9.17) is 0 Å². The van der Waals surface area contributed by atoms with Crippen molar-refractivity contribution in [3.63, 3.8) is 0 Å². The van der Waals surface area contributed by atoms with Crippen LogP contribution >= 0.6 is 15.9 Å². The van der Waals surface area contributed by atoms with E-state index in [-0.39, 0.29) is 0 Å². The zero-order chi connectivity index (χ0) is 9.10. The van der Waals surface area contributed by atoms with Gasteiger partial charge in [0.05, 0.1) is 0 Å². The van der Waals surface area contributed by atoms with Gasteiger partial charge in [0, 0.05) is 10.9 Å². The van der Waals surface area contributed by atoms with E-state index >= 15 is 0 Å². The number of H-pyrrole nitrogens is 1. The van der Waals surface area contributed by atoms with Crippen molar-refractivity contribution in [1.29, 1.82) is 0 Å². The molecule has 0 aliphatic carbocycles. The molecule has 0 aliphatic heterocycles. The van der Waals surface area contributed by atoms with Gasteiger partial charge in [-0.3, -0.25) is 0 Å². The SMILES string of the molecule is Brc1ccccc1Cc1nn[nH]n1. The lowest BCUT2D eigenvalue weighted by molar-refractivity contribution is 0.881. The molecule has 0 fully saturated rings. The van der Waals surface area contributed by atoms with Crippen LogP contribution in [0.1, 0.15) is 11.4 Å². The smallest absolute Gasteiger partial charge is 0.177 e. The fourth-order valence-electron chi connectivity index (χ4n) is 1.07. The number of hydrogen-bond acceptors (Lipinski definition) is 3. The van der Waals surface area contributed by atoms with Crippen LogP contribution in [0.3, 0.4) is 0 Å². The molecule has 2 aromatic rings. The molecule has 1 aromatic heterocycles. The normalized spacial score (nSPS) is 10.2. The molecule has 66 valence electrons. The highest BCUT2D eigenvalue weighted by Gasteiger charge is 2.02. The standard InChI is InChI=1S/C8H7BrN4/c9-7-4-2-1-3-6(7)5-8-10-12-13-11-8/h1-4H,5H2,(H,10,11,12,13). The van der Waals surface area contributed by atoms with Crippen molar-refractivity contribution in [2.24, 2.45) is 0 Å². The Morgan fingerprint density at radius 1 is 1.31 bits per heavy atom. The Hall–Kier alpha value is -1.23. The first-order valence-electron chi connectivity index (χ1n) is 3.82. The molecule has 1 N–H and O–H groups in total. The average molecular weight is 239 g/mol. The van der Waals surface area contributed by atoms with Gasteiger partial charge >= 0.3 is 0 Å². The highest BCUT2D eigenvalue weighted by atomic mass is 79.9. The van der Waals surface area contributed by atoms with Gasteiger partial charge in [0.15, 0.2) is 5.82 Å². The summed E-state index contributed by atoms with van der Waals surface area (Å²) in [6.45, 7) is 0. The quantitative estimate of drug-likeness (QED) is 0.864. The van der Waals surface area contributed by atoms with E-state index in [1.54, 1.807) is 0 Å². The van der Waals surface area contributed by atoms with Crippen LogP contribution in [-0.2, 0) is 6.42 Å². The average Bonchev–Trinajstić information content (AvgIpc) is 2.61. The van der Waals surface area contributed by atoms with Gasteiger partial charge in [-0.05, 0) is 11.6 Å². The Morgan fingerprint density at radius 2 is 2.15 bits per heavy atom. The summed E-state index contributed by atoms with van der Waals surface area (Å²) in [4.78, 5) is 0. The lowest BCUT2D eigenvalue weighted by atomic mass is 10.1. The fraction of sp³-hybridized carbons (Fsp3) is 0.125. The van der Waals surface area contributed by atoms with Crippen molar-refractivity contribution in [2.45, 2.75) is 6.42 Å². The Morgan fingerprint density at radius 3 is 2.85 bits per heavy atom. The van der Waals surface area contributed by atoms with E-state index in [1.807, 2.05) is 24.3 Å². The van der Waals surface area contributed by atoms with Gasteiger partial charge in [-0.2, -0.15) is 5.21 Å². The van der Waals surface area contributed by atoms with Crippen LogP contribution in [0.5, 0.6) is 0 Å². The maximum atomic E-state index is 3.88. The van der Waals surface area contributed by atoms with Crippen molar-refractivity contribution in [3.05, 3.63) is 40.1 Å². The predicted octanol–water partition coefficient (Wildman–Crippen LogP) is 1.55. The van der Waals surface area contributed by atoms with Gasteiger partial charge in [0.1, 0.15) is 0 Å². The second-order valence-electron chi connectivity index (χ2n) is 2.60. The lowest BCUT2D eigenvalue weighted by Gasteiger charge is -1.98. The van der Waals surface area contributed by atoms with E-state index in [9.17, 15) is 0 Å². The van der Waals surface area contributed by atoms with Crippen LogP contribution in [0.25, 0.3) is 0 Å². The minimum atomic E-state index is 0.692. The number of halogens is 1. The molecular weight excluding hydrogens is 232 g/mol. The zero-order valence-electron chi connectivity index (χ0n) is 6.74. The van der Waals surface area contributed by atoms with E-state index in [0.29, 0.717) is 12.2 Å². The van der Waals surface area contributed by atoms with Gasteiger partial charge in [-0.25, -0.2) is 0 Å². The maximum Gasteiger partial charge on any atom is 0.178 e. The molecule has 0 saturated carbocycles. The van der Waals surface area contributed by atoms with Crippen molar-refractivity contribution < 1.29 is 0 Å². The first-order valence-corrected chi connectivity index (χ1v) is 4.61. The first kappa shape index (κ1) is 8.37. The molecule has 2 rings (SSSR count). The molecule has 0 saturated heterocycles. The van der Waals surface area contributed by atoms with Crippen LogP contribution in [0.2, 0.25) is 0 Å². The van der Waals surface area contributed by atoms with Gasteiger partial charge in [-0.15, -0.1) is 10.2 Å². The fourth-order valence-corrected chi connectivity index (χ4v) is 1.49. The second kappa shape index (κ2) is 3.66.